The Labute approximate surface area is 110 Å². The quantitative estimate of drug-likeness (QED) is 0.893. The predicted molar refractivity (Wildman–Crippen MR) is 70.2 cm³/mol. The summed E-state index contributed by atoms with van der Waals surface area (Å²) in [6.07, 6.45) is 2.12. The molecule has 1 N–H and O–H groups in total. The fourth-order valence-corrected chi connectivity index (χ4v) is 1.89. The molecule has 0 aliphatic carbocycles. The zero-order valence-corrected chi connectivity index (χ0v) is 10.8. The molecule has 6 heteroatoms. The average molecular weight is 258 g/mol. The maximum Gasteiger partial charge on any atom is 0.303 e. The smallest absolute Gasteiger partial charge is 0.303 e. The Morgan fingerprint density at radius 1 is 1.58 bits per heavy atom. The lowest BCUT2D eigenvalue weighted by atomic mass is 10.3. The molecule has 0 saturated heterocycles. The van der Waals surface area contributed by atoms with E-state index in [1.165, 1.54) is 0 Å². The van der Waals surface area contributed by atoms with Gasteiger partial charge in [0.2, 0.25) is 0 Å². The van der Waals surface area contributed by atoms with Crippen molar-refractivity contribution in [3.63, 3.8) is 0 Å². The molecule has 0 atom stereocenters. The number of aryl methyl sites for hydroxylation is 1. The highest BCUT2D eigenvalue weighted by molar-refractivity contribution is 5.68. The summed E-state index contributed by atoms with van der Waals surface area (Å²) < 4.78 is 1.77. The van der Waals surface area contributed by atoms with Crippen LogP contribution in [-0.2, 0) is 11.2 Å². The van der Waals surface area contributed by atoms with Crippen molar-refractivity contribution >= 4 is 17.2 Å². The number of hydrogen-bond acceptors (Lipinski definition) is 4. The van der Waals surface area contributed by atoms with Gasteiger partial charge in [-0.15, -0.1) is 0 Å². The van der Waals surface area contributed by atoms with Gasteiger partial charge in [-0.1, -0.05) is 0 Å². The van der Waals surface area contributed by atoms with Crippen LogP contribution >= 0.6 is 0 Å². The lowest BCUT2D eigenvalue weighted by Gasteiger charge is -2.12. The minimum absolute atomic E-state index is 0.000581. The first-order valence-electron chi connectivity index (χ1n) is 5.83. The number of pyridine rings is 1. The number of anilines is 1. The zero-order chi connectivity index (χ0) is 14.0. The summed E-state index contributed by atoms with van der Waals surface area (Å²) in [6, 6.07) is 5.82. The van der Waals surface area contributed by atoms with Crippen LogP contribution in [0.25, 0.3) is 5.52 Å². The van der Waals surface area contributed by atoms with Crippen LogP contribution in [0.3, 0.4) is 0 Å². The van der Waals surface area contributed by atoms with Gasteiger partial charge in [-0.3, -0.25) is 4.79 Å². The summed E-state index contributed by atoms with van der Waals surface area (Å²) in [5, 5.41) is 17.8. The van der Waals surface area contributed by atoms with Crippen molar-refractivity contribution in [3.05, 3.63) is 29.8 Å². The van der Waals surface area contributed by atoms with E-state index in [0.29, 0.717) is 23.5 Å². The fraction of sp³-hybridized carbons (Fsp3) is 0.308. The molecule has 0 amide bonds. The second-order valence-corrected chi connectivity index (χ2v) is 4.42. The van der Waals surface area contributed by atoms with Crippen molar-refractivity contribution in [2.24, 2.45) is 0 Å². The molecule has 2 heterocycles. The van der Waals surface area contributed by atoms with Crippen LogP contribution in [0.5, 0.6) is 0 Å². The van der Waals surface area contributed by atoms with E-state index in [4.69, 9.17) is 10.4 Å². The summed E-state index contributed by atoms with van der Waals surface area (Å²) in [6.45, 7) is 0. The summed E-state index contributed by atoms with van der Waals surface area (Å²) in [5.74, 6) is -0.278. The molecular formula is C13H14N4O2. The Hall–Kier alpha value is -2.55. The first-order valence-corrected chi connectivity index (χ1v) is 5.83. The molecule has 0 fully saturated rings. The Balaban J connectivity index is 2.50. The normalized spacial score (nSPS) is 10.4. The first-order chi connectivity index (χ1) is 9.02. The van der Waals surface area contributed by atoms with E-state index in [-0.39, 0.29) is 6.42 Å². The van der Waals surface area contributed by atoms with E-state index in [1.807, 2.05) is 43.4 Å². The Kier molecular flexibility index (Phi) is 3.38. The summed E-state index contributed by atoms with van der Waals surface area (Å²) in [7, 11) is 3.83. The Bertz CT molecular complexity index is 667. The molecule has 2 rings (SSSR count). The highest BCUT2D eigenvalue weighted by atomic mass is 16.4. The molecular weight excluding hydrogens is 244 g/mol. The van der Waals surface area contributed by atoms with Gasteiger partial charge >= 0.3 is 5.97 Å². The lowest BCUT2D eigenvalue weighted by molar-refractivity contribution is -0.137. The number of rotatable bonds is 4. The number of nitrogens with zero attached hydrogens (tertiary/aromatic N) is 4. The van der Waals surface area contributed by atoms with Crippen molar-refractivity contribution in [1.82, 2.24) is 9.38 Å². The van der Waals surface area contributed by atoms with Crippen LogP contribution in [0.15, 0.2) is 18.3 Å². The van der Waals surface area contributed by atoms with Crippen molar-refractivity contribution in [3.8, 4) is 6.07 Å². The molecule has 2 aromatic rings. The van der Waals surface area contributed by atoms with Gasteiger partial charge in [0.15, 0.2) is 5.69 Å². The first kappa shape index (κ1) is 12.9. The second kappa shape index (κ2) is 4.98. The predicted octanol–water partition coefficient (Wildman–Crippen LogP) is 1.29. The number of nitriles is 1. The topological polar surface area (TPSA) is 81.6 Å². The second-order valence-electron chi connectivity index (χ2n) is 4.42. The van der Waals surface area contributed by atoms with E-state index >= 15 is 0 Å². The number of carbonyl (C=O) groups is 1. The van der Waals surface area contributed by atoms with Crippen LogP contribution in [0, 0.1) is 11.3 Å². The molecule has 0 saturated carbocycles. The minimum Gasteiger partial charge on any atom is -0.481 e. The highest BCUT2D eigenvalue weighted by Gasteiger charge is 2.12. The molecule has 6 nitrogen and oxygen atoms in total. The van der Waals surface area contributed by atoms with Gasteiger partial charge in [0.25, 0.3) is 0 Å². The fourth-order valence-electron chi connectivity index (χ4n) is 1.89. The monoisotopic (exact) mass is 258 g/mol. The zero-order valence-electron chi connectivity index (χ0n) is 10.8. The molecule has 0 unspecified atom stereocenters. The number of fused-ring (bicyclic) bond motifs is 1. The maximum atomic E-state index is 10.6. The number of imidazole rings is 1. The molecule has 0 bridgehead atoms. The van der Waals surface area contributed by atoms with Crippen LogP contribution in [0.2, 0.25) is 0 Å². The van der Waals surface area contributed by atoms with Gasteiger partial charge < -0.3 is 14.4 Å². The van der Waals surface area contributed by atoms with Crippen LogP contribution in [0.1, 0.15) is 17.9 Å². The van der Waals surface area contributed by atoms with Crippen LogP contribution < -0.4 is 4.90 Å². The van der Waals surface area contributed by atoms with Gasteiger partial charge in [0, 0.05) is 32.4 Å². The van der Waals surface area contributed by atoms with Crippen molar-refractivity contribution < 1.29 is 9.90 Å². The largest absolute Gasteiger partial charge is 0.481 e. The maximum absolute atomic E-state index is 10.6. The molecule has 98 valence electrons. The van der Waals surface area contributed by atoms with Gasteiger partial charge in [-0.2, -0.15) is 5.26 Å². The summed E-state index contributed by atoms with van der Waals surface area (Å²) in [4.78, 5) is 16.8. The number of aromatic nitrogens is 2. The third-order valence-electron chi connectivity index (χ3n) is 2.88. The van der Waals surface area contributed by atoms with Crippen molar-refractivity contribution in [2.45, 2.75) is 12.8 Å². The highest BCUT2D eigenvalue weighted by Crippen LogP contribution is 2.20. The Morgan fingerprint density at radius 3 is 2.89 bits per heavy atom. The van der Waals surface area contributed by atoms with Gasteiger partial charge in [-0.25, -0.2) is 4.98 Å². The van der Waals surface area contributed by atoms with Gasteiger partial charge in [-0.05, 0) is 12.1 Å². The number of hydrogen-bond donors (Lipinski definition) is 1. The Morgan fingerprint density at radius 2 is 2.32 bits per heavy atom. The standard InChI is InChI=1S/C13H14N4O2/c1-16(2)9-5-6-17-11(7-9)10(8-14)15-12(17)3-4-13(18)19/h5-7H,3-4H2,1-2H3,(H,18,19). The summed E-state index contributed by atoms with van der Waals surface area (Å²) in [5.41, 5.74) is 1.99. The average Bonchev–Trinajstić information content (AvgIpc) is 2.73. The molecule has 0 aliphatic heterocycles. The van der Waals surface area contributed by atoms with Crippen LogP contribution in [0.4, 0.5) is 5.69 Å². The SMILES string of the molecule is CN(C)c1ccn2c(CCC(=O)O)nc(C#N)c2c1. The summed E-state index contributed by atoms with van der Waals surface area (Å²) >= 11 is 0. The van der Waals surface area contributed by atoms with Crippen molar-refractivity contribution in [2.75, 3.05) is 19.0 Å². The molecule has 0 aliphatic rings. The third kappa shape index (κ3) is 2.50. The molecule has 0 aromatic carbocycles. The van der Waals surface area contributed by atoms with Crippen LogP contribution in [-0.4, -0.2) is 34.6 Å². The van der Waals surface area contributed by atoms with Gasteiger partial charge in [0.1, 0.15) is 11.9 Å². The molecule has 19 heavy (non-hydrogen) atoms. The number of carboxylic acids is 1. The molecule has 2 aromatic heterocycles. The number of aliphatic carboxylic acids is 1. The minimum atomic E-state index is -0.875. The third-order valence-corrected chi connectivity index (χ3v) is 2.88. The van der Waals surface area contributed by atoms with E-state index in [1.54, 1.807) is 4.40 Å². The number of carboxylic acid groups (broad SMARTS) is 1. The van der Waals surface area contributed by atoms with E-state index < -0.39 is 5.97 Å². The van der Waals surface area contributed by atoms with Gasteiger partial charge in [0.05, 0.1) is 11.9 Å². The van der Waals surface area contributed by atoms with E-state index in [2.05, 4.69) is 4.98 Å². The van der Waals surface area contributed by atoms with E-state index in [0.717, 1.165) is 5.69 Å². The molecule has 0 radical (unpaired) electrons. The van der Waals surface area contributed by atoms with Crippen molar-refractivity contribution in [1.29, 1.82) is 5.26 Å². The van der Waals surface area contributed by atoms with E-state index in [9.17, 15) is 4.79 Å². The lowest BCUT2D eigenvalue weighted by Crippen LogP contribution is -2.09. The molecule has 0 spiro atoms.